The maximum Gasteiger partial charge on any atom is 0.0339 e. The molecule has 1 N–H and O–H groups in total. The predicted octanol–water partition coefficient (Wildman–Crippen LogP) is 1.03. The summed E-state index contributed by atoms with van der Waals surface area (Å²) in [5.74, 6) is 0. The third-order valence-electron chi connectivity index (χ3n) is 2.01. The smallest absolute Gasteiger partial charge is 0.0339 e. The van der Waals surface area contributed by atoms with Gasteiger partial charge in [0.25, 0.3) is 0 Å². The Morgan fingerprint density at radius 2 is 2.55 bits per heavy atom. The monoisotopic (exact) mass is 174 g/mol. The molecule has 1 atom stereocenters. The van der Waals surface area contributed by atoms with Crippen molar-refractivity contribution in [2.75, 3.05) is 26.2 Å². The highest BCUT2D eigenvalue weighted by Gasteiger charge is 2.17. The zero-order valence-corrected chi connectivity index (χ0v) is 7.69. The molecule has 1 heterocycles. The number of piperazine rings is 1. The lowest BCUT2D eigenvalue weighted by atomic mass is 10.2. The number of nitrogens with one attached hydrogen (secondary N) is 1. The lowest BCUT2D eigenvalue weighted by Crippen LogP contribution is -2.49. The van der Waals surface area contributed by atoms with Crippen LogP contribution < -0.4 is 5.32 Å². The van der Waals surface area contributed by atoms with E-state index >= 15 is 0 Å². The van der Waals surface area contributed by atoms with E-state index in [-0.39, 0.29) is 0 Å². The predicted molar refractivity (Wildman–Crippen MR) is 48.9 cm³/mol. The fourth-order valence-corrected chi connectivity index (χ4v) is 1.49. The first-order valence-electron chi connectivity index (χ1n) is 3.98. The molecule has 2 nitrogen and oxygen atoms in total. The highest BCUT2D eigenvalue weighted by Crippen LogP contribution is 2.07. The molecule has 64 valence electrons. The summed E-state index contributed by atoms with van der Waals surface area (Å²) in [4.78, 5) is 2.34. The van der Waals surface area contributed by atoms with E-state index in [1.165, 1.54) is 0 Å². The van der Waals surface area contributed by atoms with Crippen molar-refractivity contribution >= 4 is 11.6 Å². The third kappa shape index (κ3) is 2.81. The maximum absolute atomic E-state index is 5.72. The summed E-state index contributed by atoms with van der Waals surface area (Å²) in [5, 5.41) is 4.06. The van der Waals surface area contributed by atoms with Gasteiger partial charge in [-0.05, 0) is 6.92 Å². The van der Waals surface area contributed by atoms with Crippen molar-refractivity contribution < 1.29 is 0 Å². The molecule has 1 aliphatic heterocycles. The third-order valence-corrected chi connectivity index (χ3v) is 2.13. The van der Waals surface area contributed by atoms with E-state index < -0.39 is 0 Å². The normalized spacial score (nSPS) is 26.9. The highest BCUT2D eigenvalue weighted by molar-refractivity contribution is 6.29. The van der Waals surface area contributed by atoms with E-state index in [2.05, 4.69) is 23.7 Å². The summed E-state index contributed by atoms with van der Waals surface area (Å²) in [6.07, 6.45) is 0. The van der Waals surface area contributed by atoms with Crippen LogP contribution in [0.2, 0.25) is 0 Å². The van der Waals surface area contributed by atoms with E-state index in [4.69, 9.17) is 11.6 Å². The molecule has 11 heavy (non-hydrogen) atoms. The van der Waals surface area contributed by atoms with Gasteiger partial charge in [0.15, 0.2) is 0 Å². The Bertz CT molecular complexity index is 147. The summed E-state index contributed by atoms with van der Waals surface area (Å²) in [6, 6.07) is 0.583. The maximum atomic E-state index is 5.72. The lowest BCUT2D eigenvalue weighted by molar-refractivity contribution is 0.191. The van der Waals surface area contributed by atoms with Crippen molar-refractivity contribution in [2.24, 2.45) is 0 Å². The van der Waals surface area contributed by atoms with E-state index in [0.717, 1.165) is 31.2 Å². The molecule has 0 saturated carbocycles. The van der Waals surface area contributed by atoms with Gasteiger partial charge in [0.1, 0.15) is 0 Å². The Kier molecular flexibility index (Phi) is 3.37. The Morgan fingerprint density at radius 3 is 3.09 bits per heavy atom. The summed E-state index contributed by atoms with van der Waals surface area (Å²) in [7, 11) is 0. The molecular weight excluding hydrogens is 160 g/mol. The topological polar surface area (TPSA) is 15.3 Å². The number of hydrogen-bond acceptors (Lipinski definition) is 2. The van der Waals surface area contributed by atoms with E-state index in [1.54, 1.807) is 0 Å². The zero-order chi connectivity index (χ0) is 8.27. The molecule has 1 aliphatic rings. The van der Waals surface area contributed by atoms with Gasteiger partial charge in [0.05, 0.1) is 0 Å². The molecule has 3 heteroatoms. The Hall–Kier alpha value is -0.0500. The van der Waals surface area contributed by atoms with Crippen LogP contribution in [0.15, 0.2) is 11.6 Å². The Morgan fingerprint density at radius 1 is 1.82 bits per heavy atom. The Labute approximate surface area is 73.2 Å². The van der Waals surface area contributed by atoms with E-state index in [9.17, 15) is 0 Å². The first-order valence-corrected chi connectivity index (χ1v) is 4.36. The molecule has 0 spiro atoms. The van der Waals surface area contributed by atoms with Gasteiger partial charge < -0.3 is 5.32 Å². The van der Waals surface area contributed by atoms with Crippen molar-refractivity contribution in [1.29, 1.82) is 0 Å². The lowest BCUT2D eigenvalue weighted by Gasteiger charge is -2.33. The Balaban J connectivity index is 2.35. The SMILES string of the molecule is C=C(Cl)CN1CCNC[C@@H]1C. The van der Waals surface area contributed by atoms with Crippen LogP contribution in [-0.4, -0.2) is 37.1 Å². The second-order valence-corrected chi connectivity index (χ2v) is 3.58. The fourth-order valence-electron chi connectivity index (χ4n) is 1.34. The van der Waals surface area contributed by atoms with Crippen LogP contribution in [0, 0.1) is 0 Å². The van der Waals surface area contributed by atoms with Gasteiger partial charge in [0, 0.05) is 37.3 Å². The first kappa shape index (κ1) is 9.04. The summed E-state index contributed by atoms with van der Waals surface area (Å²) < 4.78 is 0. The van der Waals surface area contributed by atoms with Gasteiger partial charge in [0.2, 0.25) is 0 Å². The molecule has 1 rings (SSSR count). The molecular formula is C8H15ClN2. The summed E-state index contributed by atoms with van der Waals surface area (Å²) in [6.45, 7) is 9.91. The molecule has 0 unspecified atom stereocenters. The van der Waals surface area contributed by atoms with Gasteiger partial charge in [-0.25, -0.2) is 0 Å². The average molecular weight is 175 g/mol. The second-order valence-electron chi connectivity index (χ2n) is 3.04. The van der Waals surface area contributed by atoms with Crippen LogP contribution in [0.1, 0.15) is 6.92 Å². The fraction of sp³-hybridized carbons (Fsp3) is 0.750. The number of nitrogens with zero attached hydrogens (tertiary/aromatic N) is 1. The molecule has 0 radical (unpaired) electrons. The molecule has 0 aromatic carbocycles. The van der Waals surface area contributed by atoms with Gasteiger partial charge >= 0.3 is 0 Å². The number of rotatable bonds is 2. The standard InChI is InChI=1S/C8H15ClN2/c1-7(9)6-11-4-3-10-5-8(11)2/h8,10H,1,3-6H2,2H3/t8-/m0/s1. The van der Waals surface area contributed by atoms with E-state index in [0.29, 0.717) is 6.04 Å². The molecule has 0 aliphatic carbocycles. The molecule has 0 aromatic heterocycles. The van der Waals surface area contributed by atoms with Crippen LogP contribution in [-0.2, 0) is 0 Å². The molecule has 0 aromatic rings. The highest BCUT2D eigenvalue weighted by atomic mass is 35.5. The number of hydrogen-bond donors (Lipinski definition) is 1. The van der Waals surface area contributed by atoms with Crippen LogP contribution >= 0.6 is 11.6 Å². The first-order chi connectivity index (χ1) is 5.20. The quantitative estimate of drug-likeness (QED) is 0.673. The molecule has 0 bridgehead atoms. The summed E-state index contributed by atoms with van der Waals surface area (Å²) >= 11 is 5.72. The zero-order valence-electron chi connectivity index (χ0n) is 6.94. The largest absolute Gasteiger partial charge is 0.314 e. The van der Waals surface area contributed by atoms with Crippen molar-refractivity contribution in [3.05, 3.63) is 11.6 Å². The van der Waals surface area contributed by atoms with Crippen LogP contribution in [0.25, 0.3) is 0 Å². The van der Waals surface area contributed by atoms with Crippen LogP contribution in [0.5, 0.6) is 0 Å². The molecule has 0 amide bonds. The van der Waals surface area contributed by atoms with Crippen molar-refractivity contribution in [3.8, 4) is 0 Å². The second kappa shape index (κ2) is 4.10. The molecule has 1 saturated heterocycles. The van der Waals surface area contributed by atoms with Crippen molar-refractivity contribution in [1.82, 2.24) is 10.2 Å². The van der Waals surface area contributed by atoms with Crippen LogP contribution in [0.4, 0.5) is 0 Å². The van der Waals surface area contributed by atoms with E-state index in [1.807, 2.05) is 0 Å². The van der Waals surface area contributed by atoms with Crippen LogP contribution in [0.3, 0.4) is 0 Å². The molecule has 1 fully saturated rings. The number of halogens is 1. The van der Waals surface area contributed by atoms with Crippen molar-refractivity contribution in [3.63, 3.8) is 0 Å². The van der Waals surface area contributed by atoms with Gasteiger partial charge in [-0.3, -0.25) is 4.90 Å². The summed E-state index contributed by atoms with van der Waals surface area (Å²) in [5.41, 5.74) is 0. The van der Waals surface area contributed by atoms with Gasteiger partial charge in [-0.15, -0.1) is 0 Å². The van der Waals surface area contributed by atoms with Gasteiger partial charge in [-0.1, -0.05) is 18.2 Å². The minimum Gasteiger partial charge on any atom is -0.314 e. The van der Waals surface area contributed by atoms with Crippen molar-refractivity contribution in [2.45, 2.75) is 13.0 Å². The minimum absolute atomic E-state index is 0.583. The average Bonchev–Trinajstić information content (AvgIpc) is 1.93. The minimum atomic E-state index is 0.583. The van der Waals surface area contributed by atoms with Gasteiger partial charge in [-0.2, -0.15) is 0 Å².